The van der Waals surface area contributed by atoms with Gasteiger partial charge in [-0.1, -0.05) is 0 Å². The highest BCUT2D eigenvalue weighted by molar-refractivity contribution is 5.76. The van der Waals surface area contributed by atoms with Gasteiger partial charge in [0, 0.05) is 18.6 Å². The molecule has 0 unspecified atom stereocenters. The van der Waals surface area contributed by atoms with E-state index < -0.39 is 11.5 Å². The third-order valence-electron chi connectivity index (χ3n) is 2.26. The molecule has 0 fully saturated rings. The fraction of sp³-hybridized carbons (Fsp3) is 0.818. The lowest BCUT2D eigenvalue weighted by atomic mass is 10.1. The van der Waals surface area contributed by atoms with Crippen LogP contribution in [0.1, 0.15) is 33.6 Å². The van der Waals surface area contributed by atoms with Crippen molar-refractivity contribution in [2.75, 3.05) is 19.6 Å². The predicted molar refractivity (Wildman–Crippen MR) is 65.8 cm³/mol. The van der Waals surface area contributed by atoms with Crippen LogP contribution in [0, 0.1) is 0 Å². The number of aliphatic carboxylic acids is 1. The van der Waals surface area contributed by atoms with E-state index in [1.54, 1.807) is 0 Å². The van der Waals surface area contributed by atoms with Gasteiger partial charge in [-0.2, -0.15) is 0 Å². The lowest BCUT2D eigenvalue weighted by molar-refractivity contribution is -0.137. The molecular weight excluding hydrogens is 222 g/mol. The molecule has 0 aromatic rings. The quantitative estimate of drug-likeness (QED) is 0.598. The Balaban J connectivity index is 4.36. The van der Waals surface area contributed by atoms with E-state index in [9.17, 15) is 9.59 Å². The number of urea groups is 1. The number of rotatable bonds is 6. The molecule has 100 valence electrons. The predicted octanol–water partition coefficient (Wildman–Crippen LogP) is 0.620. The summed E-state index contributed by atoms with van der Waals surface area (Å²) in [5.74, 6) is -0.908. The van der Waals surface area contributed by atoms with Crippen molar-refractivity contribution in [2.45, 2.75) is 39.2 Å². The highest BCUT2D eigenvalue weighted by Crippen LogP contribution is 2.13. The highest BCUT2D eigenvalue weighted by Gasteiger charge is 2.26. The number of carbonyl (C=O) groups excluding carboxylic acids is 1. The maximum Gasteiger partial charge on any atom is 0.317 e. The van der Waals surface area contributed by atoms with E-state index in [1.807, 2.05) is 20.8 Å². The number of hydrogen-bond acceptors (Lipinski definition) is 3. The summed E-state index contributed by atoms with van der Waals surface area (Å²) in [7, 11) is 0. The molecule has 17 heavy (non-hydrogen) atoms. The van der Waals surface area contributed by atoms with Gasteiger partial charge in [0.1, 0.15) is 0 Å². The zero-order valence-electron chi connectivity index (χ0n) is 10.8. The largest absolute Gasteiger partial charge is 0.481 e. The maximum absolute atomic E-state index is 11.9. The zero-order chi connectivity index (χ0) is 13.5. The molecule has 0 saturated heterocycles. The van der Waals surface area contributed by atoms with Gasteiger partial charge in [-0.15, -0.1) is 0 Å². The van der Waals surface area contributed by atoms with Crippen LogP contribution in [0.2, 0.25) is 0 Å². The minimum Gasteiger partial charge on any atom is -0.481 e. The SMILES string of the molecule is CC(C)(C)N(CCC(=O)O)C(=O)NCCCN. The summed E-state index contributed by atoms with van der Waals surface area (Å²) in [6.45, 7) is 6.85. The minimum atomic E-state index is -0.908. The number of nitrogens with zero attached hydrogens (tertiary/aromatic N) is 1. The Kier molecular flexibility index (Phi) is 6.57. The first-order valence-corrected chi connectivity index (χ1v) is 5.76. The molecule has 0 radical (unpaired) electrons. The molecule has 6 nitrogen and oxygen atoms in total. The molecule has 0 spiro atoms. The van der Waals surface area contributed by atoms with E-state index in [1.165, 1.54) is 4.90 Å². The van der Waals surface area contributed by atoms with Crippen LogP contribution < -0.4 is 11.1 Å². The van der Waals surface area contributed by atoms with Crippen molar-refractivity contribution in [3.8, 4) is 0 Å². The zero-order valence-corrected chi connectivity index (χ0v) is 10.8. The Morgan fingerprint density at radius 2 is 1.94 bits per heavy atom. The standard InChI is InChI=1S/C11H23N3O3/c1-11(2,3)14(8-5-9(15)16)10(17)13-7-4-6-12/h4-8,12H2,1-3H3,(H,13,17)(H,15,16). The van der Waals surface area contributed by atoms with Gasteiger partial charge in [-0.05, 0) is 33.7 Å². The minimum absolute atomic E-state index is 0.0540. The summed E-state index contributed by atoms with van der Waals surface area (Å²) >= 11 is 0. The van der Waals surface area contributed by atoms with E-state index in [0.29, 0.717) is 19.5 Å². The Hall–Kier alpha value is -1.30. The number of carboxylic acids is 1. The van der Waals surface area contributed by atoms with Gasteiger partial charge in [-0.3, -0.25) is 4.79 Å². The van der Waals surface area contributed by atoms with Crippen LogP contribution in [0.5, 0.6) is 0 Å². The summed E-state index contributed by atoms with van der Waals surface area (Å²) in [5.41, 5.74) is 4.93. The molecule has 0 aliphatic carbocycles. The van der Waals surface area contributed by atoms with Crippen molar-refractivity contribution >= 4 is 12.0 Å². The van der Waals surface area contributed by atoms with E-state index in [2.05, 4.69) is 5.32 Å². The molecular formula is C11H23N3O3. The van der Waals surface area contributed by atoms with Gasteiger partial charge in [0.05, 0.1) is 6.42 Å². The molecule has 0 aromatic carbocycles. The fourth-order valence-electron chi connectivity index (χ4n) is 1.34. The van der Waals surface area contributed by atoms with Gasteiger partial charge >= 0.3 is 12.0 Å². The van der Waals surface area contributed by atoms with Crippen molar-refractivity contribution < 1.29 is 14.7 Å². The van der Waals surface area contributed by atoms with Crippen LogP contribution in [0.4, 0.5) is 4.79 Å². The molecule has 0 aromatic heterocycles. The van der Waals surface area contributed by atoms with Gasteiger partial charge in [0.25, 0.3) is 0 Å². The molecule has 0 aliphatic heterocycles. The summed E-state index contributed by atoms with van der Waals surface area (Å²) in [5, 5.41) is 11.4. The molecule has 0 atom stereocenters. The van der Waals surface area contributed by atoms with Crippen molar-refractivity contribution in [3.63, 3.8) is 0 Å². The van der Waals surface area contributed by atoms with E-state index >= 15 is 0 Å². The lowest BCUT2D eigenvalue weighted by Gasteiger charge is -2.35. The van der Waals surface area contributed by atoms with Crippen LogP contribution in [0.15, 0.2) is 0 Å². The van der Waals surface area contributed by atoms with Crippen molar-refractivity contribution in [2.24, 2.45) is 5.73 Å². The molecule has 0 rings (SSSR count). The molecule has 0 heterocycles. The van der Waals surface area contributed by atoms with Crippen molar-refractivity contribution in [1.29, 1.82) is 0 Å². The lowest BCUT2D eigenvalue weighted by Crippen LogP contribution is -2.51. The van der Waals surface area contributed by atoms with Crippen molar-refractivity contribution in [1.82, 2.24) is 10.2 Å². The average molecular weight is 245 g/mol. The van der Waals surface area contributed by atoms with E-state index in [4.69, 9.17) is 10.8 Å². The van der Waals surface area contributed by atoms with Crippen LogP contribution in [-0.4, -0.2) is 47.2 Å². The Morgan fingerprint density at radius 1 is 1.35 bits per heavy atom. The Labute approximate surface area is 102 Å². The molecule has 0 aliphatic rings. The van der Waals surface area contributed by atoms with Crippen LogP contribution in [0.3, 0.4) is 0 Å². The summed E-state index contributed by atoms with van der Waals surface area (Å²) < 4.78 is 0. The molecule has 4 N–H and O–H groups in total. The number of carbonyl (C=O) groups is 2. The van der Waals surface area contributed by atoms with Crippen LogP contribution in [0.25, 0.3) is 0 Å². The fourth-order valence-corrected chi connectivity index (χ4v) is 1.34. The topological polar surface area (TPSA) is 95.7 Å². The Bertz CT molecular complexity index is 261. The third kappa shape index (κ3) is 6.78. The van der Waals surface area contributed by atoms with Crippen LogP contribution >= 0.6 is 0 Å². The van der Waals surface area contributed by atoms with E-state index in [-0.39, 0.29) is 19.0 Å². The van der Waals surface area contributed by atoms with Gasteiger partial charge in [0.2, 0.25) is 0 Å². The van der Waals surface area contributed by atoms with Crippen LogP contribution in [-0.2, 0) is 4.79 Å². The first kappa shape index (κ1) is 15.7. The second-order valence-electron chi connectivity index (χ2n) is 4.84. The van der Waals surface area contributed by atoms with Gasteiger partial charge in [0.15, 0.2) is 0 Å². The summed E-state index contributed by atoms with van der Waals surface area (Å²) in [6, 6.07) is -0.243. The van der Waals surface area contributed by atoms with E-state index in [0.717, 1.165) is 0 Å². The number of carboxylic acid groups (broad SMARTS) is 1. The molecule has 6 heteroatoms. The number of hydrogen-bond donors (Lipinski definition) is 3. The second-order valence-corrected chi connectivity index (χ2v) is 4.84. The summed E-state index contributed by atoms with van der Waals surface area (Å²) in [4.78, 5) is 23.9. The first-order chi connectivity index (χ1) is 7.79. The van der Waals surface area contributed by atoms with Gasteiger partial charge in [-0.25, -0.2) is 4.79 Å². The number of amides is 2. The number of nitrogens with two attached hydrogens (primary N) is 1. The molecule has 2 amide bonds. The van der Waals surface area contributed by atoms with Crippen molar-refractivity contribution in [3.05, 3.63) is 0 Å². The monoisotopic (exact) mass is 245 g/mol. The summed E-state index contributed by atoms with van der Waals surface area (Å²) in [6.07, 6.45) is 0.657. The smallest absolute Gasteiger partial charge is 0.317 e. The average Bonchev–Trinajstić information content (AvgIpc) is 2.15. The molecule has 0 bridgehead atoms. The highest BCUT2D eigenvalue weighted by atomic mass is 16.4. The second kappa shape index (κ2) is 7.11. The first-order valence-electron chi connectivity index (χ1n) is 5.76. The third-order valence-corrected chi connectivity index (χ3v) is 2.26. The maximum atomic E-state index is 11.9. The Morgan fingerprint density at radius 3 is 2.35 bits per heavy atom. The number of nitrogens with one attached hydrogen (secondary N) is 1. The van der Waals surface area contributed by atoms with Gasteiger partial charge < -0.3 is 21.1 Å². The normalized spacial score (nSPS) is 11.1. The molecule has 0 saturated carbocycles.